The number of rotatable bonds is 9. The number of aromatic nitrogens is 1. The Hall–Kier alpha value is -3.11. The number of fused-ring (bicyclic) bond motifs is 1. The first kappa shape index (κ1) is 26.9. The first-order valence-corrected chi connectivity index (χ1v) is 12.6. The van der Waals surface area contributed by atoms with E-state index in [1.54, 1.807) is 12.3 Å². The molecule has 0 unspecified atom stereocenters. The molecule has 3 aliphatic heterocycles. The van der Waals surface area contributed by atoms with Gasteiger partial charge in [0.25, 0.3) is 0 Å². The van der Waals surface area contributed by atoms with Crippen LogP contribution in [0.2, 0.25) is 0 Å². The third kappa shape index (κ3) is 4.68. The number of hydrazine groups is 1. The lowest BCUT2D eigenvalue weighted by molar-refractivity contribution is -0.153. The highest BCUT2D eigenvalue weighted by Gasteiger charge is 2.66. The number of nitrogens with zero attached hydrogens (tertiary/aromatic N) is 5. The third-order valence-electron chi connectivity index (χ3n) is 6.14. The second kappa shape index (κ2) is 10.3. The summed E-state index contributed by atoms with van der Waals surface area (Å²) in [5, 5.41) is 6.37. The molecule has 4 heterocycles. The number of aryl methyl sites for hydroxylation is 1. The Balaban J connectivity index is 1.55. The van der Waals surface area contributed by atoms with E-state index in [1.807, 2.05) is 0 Å². The molecule has 4 atom stereocenters. The van der Waals surface area contributed by atoms with Crippen molar-refractivity contribution in [2.24, 2.45) is 16.9 Å². The summed E-state index contributed by atoms with van der Waals surface area (Å²) < 4.78 is 8.58. The number of β-lactam (4-membered cyclic amide) rings is 1. The molecule has 192 valence electrons. The molecule has 1 aromatic heterocycles. The summed E-state index contributed by atoms with van der Waals surface area (Å²) >= 11 is 2.26. The van der Waals surface area contributed by atoms with Gasteiger partial charge in [0.1, 0.15) is 5.69 Å². The molecule has 0 aromatic carbocycles. The Bertz CT molecular complexity index is 1180. The van der Waals surface area contributed by atoms with E-state index >= 15 is 0 Å². The van der Waals surface area contributed by atoms with Crippen molar-refractivity contribution in [1.29, 1.82) is 0 Å². The van der Waals surface area contributed by atoms with E-state index in [4.69, 9.17) is 26.8 Å². The smallest absolute Gasteiger partial charge is 0.378 e. The van der Waals surface area contributed by atoms with Gasteiger partial charge < -0.3 is 19.0 Å². The molecule has 18 heteroatoms. The lowest BCUT2D eigenvalue weighted by Crippen LogP contribution is -2.60. The van der Waals surface area contributed by atoms with Crippen molar-refractivity contribution in [2.75, 3.05) is 19.6 Å². The molecule has 0 aliphatic carbocycles. The Morgan fingerprint density at radius 1 is 1.30 bits per heavy atom. The number of hydrogen-bond donors (Lipinski definition) is 1. The van der Waals surface area contributed by atoms with Crippen LogP contribution in [-0.2, 0) is 33.3 Å². The molecule has 3 saturated heterocycles. The number of ketones is 1. The van der Waals surface area contributed by atoms with Gasteiger partial charge in [0.05, 0.1) is 29.4 Å². The van der Waals surface area contributed by atoms with Gasteiger partial charge in [-0.3, -0.25) is 24.3 Å². The number of urea groups is 1. The summed E-state index contributed by atoms with van der Waals surface area (Å²) in [6.07, 6.45) is -1.51. The molecule has 3 amide bonds. The second-order valence-electron chi connectivity index (χ2n) is 8.40. The minimum Gasteiger partial charge on any atom is -0.541 e. The summed E-state index contributed by atoms with van der Waals surface area (Å²) in [7, 11) is 10.0. The number of carbonyl (C=O) groups is 5. The maximum absolute atomic E-state index is 13.3. The van der Waals surface area contributed by atoms with E-state index in [2.05, 4.69) is 19.4 Å². The normalized spacial score (nSPS) is 26.0. The molecule has 4 radical (unpaired) electrons. The zero-order chi connectivity index (χ0) is 27.1. The summed E-state index contributed by atoms with van der Waals surface area (Å²) in [5.74, 6) is 2.02. The van der Waals surface area contributed by atoms with E-state index < -0.39 is 51.9 Å². The maximum Gasteiger partial charge on any atom is 0.378 e. The monoisotopic (exact) mass is 546 g/mol. The van der Waals surface area contributed by atoms with Crippen molar-refractivity contribution in [2.45, 2.75) is 36.6 Å². The van der Waals surface area contributed by atoms with Crippen molar-refractivity contribution in [3.63, 3.8) is 0 Å². The lowest BCUT2D eigenvalue weighted by Gasteiger charge is -2.40. The molecular weight excluding hydrogens is 526 g/mol. The van der Waals surface area contributed by atoms with E-state index in [-0.39, 0.29) is 37.5 Å². The summed E-state index contributed by atoms with van der Waals surface area (Å²) in [5.41, 5.74) is 0.00618. The number of oxime groups is 1. The molecule has 3 aliphatic rings. The van der Waals surface area contributed by atoms with Gasteiger partial charge in [0.15, 0.2) is 11.5 Å². The fraction of sp³-hybridized carbons (Fsp3) is 0.526. The predicted molar refractivity (Wildman–Crippen MR) is 130 cm³/mol. The Labute approximate surface area is 221 Å². The van der Waals surface area contributed by atoms with Crippen molar-refractivity contribution in [3.05, 3.63) is 16.1 Å². The minimum atomic E-state index is -1.61. The van der Waals surface area contributed by atoms with E-state index in [1.165, 1.54) is 28.1 Å². The van der Waals surface area contributed by atoms with E-state index in [0.717, 1.165) is 16.8 Å². The number of amides is 3. The first-order chi connectivity index (χ1) is 17.5. The second-order valence-corrected chi connectivity index (χ2v) is 10.9. The highest BCUT2D eigenvalue weighted by Crippen LogP contribution is 2.53. The third-order valence-corrected chi connectivity index (χ3v) is 8.64. The van der Waals surface area contributed by atoms with Gasteiger partial charge in [0.2, 0.25) is 16.9 Å². The number of hydrogen-bond acceptors (Lipinski definition) is 13. The van der Waals surface area contributed by atoms with Crippen LogP contribution >= 0.6 is 23.1 Å². The summed E-state index contributed by atoms with van der Waals surface area (Å²) in [4.78, 5) is 73.4. The molecule has 0 saturated carbocycles. The number of thioether (sulfide) groups is 1. The highest BCUT2D eigenvalue weighted by molar-refractivity contribution is 8.02. The van der Waals surface area contributed by atoms with Crippen molar-refractivity contribution in [1.82, 2.24) is 19.8 Å². The predicted octanol–water partition coefficient (Wildman–Crippen LogP) is -1.39. The average molecular weight is 546 g/mol. The summed E-state index contributed by atoms with van der Waals surface area (Å²) in [6.45, 7) is 3.18. The molecule has 0 bridgehead atoms. The topological polar surface area (TPSA) is 174 Å². The van der Waals surface area contributed by atoms with Crippen LogP contribution in [0.1, 0.15) is 24.0 Å². The van der Waals surface area contributed by atoms with Gasteiger partial charge in [-0.2, -0.15) is 0 Å². The fourth-order valence-corrected chi connectivity index (χ4v) is 6.53. The molecular formula is C19H20B2N6O8S2. The van der Waals surface area contributed by atoms with E-state index in [9.17, 15) is 24.0 Å². The number of Topliss-reactive ketones (excluding diaryl/α,β-unsaturated/α-hetero) is 1. The van der Waals surface area contributed by atoms with Crippen molar-refractivity contribution < 1.29 is 38.1 Å². The SMILES string of the molecule is [B]OC(=O)[C@@H](C)O/N=C(\C(=O)C[C@@H]1C(=O)N2C[C@@](C(=O)O[B])(N3CCN(N)C3=O)S[C@H]12)c1csc(C)n1. The van der Waals surface area contributed by atoms with Crippen LogP contribution < -0.4 is 5.84 Å². The average Bonchev–Trinajstić information content (AvgIpc) is 3.58. The molecule has 0 spiro atoms. The van der Waals surface area contributed by atoms with Gasteiger partial charge in [-0.15, -0.1) is 11.3 Å². The Morgan fingerprint density at radius 3 is 2.59 bits per heavy atom. The number of thiazole rings is 1. The molecule has 1 aromatic rings. The molecule has 14 nitrogen and oxygen atoms in total. The minimum absolute atomic E-state index is 0.122. The van der Waals surface area contributed by atoms with Crippen LogP contribution in [0.4, 0.5) is 4.79 Å². The zero-order valence-electron chi connectivity index (χ0n) is 19.7. The van der Waals surface area contributed by atoms with Gasteiger partial charge >= 0.3 is 34.1 Å². The highest BCUT2D eigenvalue weighted by atomic mass is 32.2. The molecule has 2 N–H and O–H groups in total. The number of nitrogens with two attached hydrogens (primary N) is 1. The van der Waals surface area contributed by atoms with Crippen molar-refractivity contribution in [3.8, 4) is 0 Å². The van der Waals surface area contributed by atoms with Crippen molar-refractivity contribution >= 4 is 74.6 Å². The largest absolute Gasteiger partial charge is 0.541 e. The zero-order valence-corrected chi connectivity index (χ0v) is 21.3. The quantitative estimate of drug-likeness (QED) is 0.0965. The van der Waals surface area contributed by atoms with E-state index in [0.29, 0.717) is 5.01 Å². The number of carbonyl (C=O) groups excluding carboxylic acids is 5. The summed E-state index contributed by atoms with van der Waals surface area (Å²) in [6, 6.07) is -0.615. The van der Waals surface area contributed by atoms with Crippen LogP contribution in [0.15, 0.2) is 10.5 Å². The first-order valence-electron chi connectivity index (χ1n) is 10.9. The van der Waals surface area contributed by atoms with Gasteiger partial charge in [-0.1, -0.05) is 16.9 Å². The van der Waals surface area contributed by atoms with Gasteiger partial charge in [0, 0.05) is 18.3 Å². The molecule has 37 heavy (non-hydrogen) atoms. The molecule has 4 rings (SSSR count). The van der Waals surface area contributed by atoms with Crippen LogP contribution in [0, 0.1) is 12.8 Å². The lowest BCUT2D eigenvalue weighted by atomic mass is 9.90. The van der Waals surface area contributed by atoms with Crippen LogP contribution in [0.5, 0.6) is 0 Å². The van der Waals surface area contributed by atoms with Crippen LogP contribution in [0.25, 0.3) is 0 Å². The molecule has 3 fully saturated rings. The fourth-order valence-electron chi connectivity index (χ4n) is 4.20. The van der Waals surface area contributed by atoms with Gasteiger partial charge in [-0.05, 0) is 13.8 Å². The Morgan fingerprint density at radius 2 is 2.03 bits per heavy atom. The maximum atomic E-state index is 13.3. The Kier molecular flexibility index (Phi) is 7.52. The van der Waals surface area contributed by atoms with Crippen LogP contribution in [-0.4, -0.2) is 107 Å². The van der Waals surface area contributed by atoms with Crippen LogP contribution in [0.3, 0.4) is 0 Å². The standard InChI is InChI=1S/C19H20B2N6O8S2/c1-8(16(30)33-20)35-24-13(11-6-36-9(2)23-11)12(28)5-10-14(29)25-7-19(17(31)34-21,37-15(10)25)26-3-4-27(22)18(26)32/h6,8,10,15H,3-5,7,22H2,1-2H3/b24-13-/t8-,10-,15-,19-/m1/s1. The van der Waals surface area contributed by atoms with Gasteiger partial charge in [-0.25, -0.2) is 20.4 Å².